The minimum atomic E-state index is -0.843. The number of primary amides is 1. The van der Waals surface area contributed by atoms with E-state index in [0.29, 0.717) is 17.0 Å². The molecule has 0 radical (unpaired) electrons. The van der Waals surface area contributed by atoms with Crippen molar-refractivity contribution in [3.05, 3.63) is 60.2 Å². The average molecular weight is 342 g/mol. The van der Waals surface area contributed by atoms with E-state index < -0.39 is 30.5 Å². The molecule has 0 heterocycles. The van der Waals surface area contributed by atoms with E-state index in [2.05, 4.69) is 5.32 Å². The van der Waals surface area contributed by atoms with E-state index >= 15 is 0 Å². The largest absolute Gasteiger partial charge is 0.479 e. The van der Waals surface area contributed by atoms with Crippen LogP contribution in [0.1, 0.15) is 17.3 Å². The van der Waals surface area contributed by atoms with Crippen molar-refractivity contribution in [1.82, 2.24) is 0 Å². The number of carbonyl (C=O) groups is 3. The summed E-state index contributed by atoms with van der Waals surface area (Å²) in [4.78, 5) is 34.6. The summed E-state index contributed by atoms with van der Waals surface area (Å²) in [6.07, 6.45) is -0.843. The van der Waals surface area contributed by atoms with E-state index in [-0.39, 0.29) is 0 Å². The summed E-state index contributed by atoms with van der Waals surface area (Å²) in [5.74, 6) is -1.18. The number of rotatable bonds is 7. The van der Waals surface area contributed by atoms with Crippen molar-refractivity contribution < 1.29 is 23.9 Å². The van der Waals surface area contributed by atoms with Gasteiger partial charge in [-0.05, 0) is 43.3 Å². The van der Waals surface area contributed by atoms with Crippen molar-refractivity contribution in [2.45, 2.75) is 13.0 Å². The van der Waals surface area contributed by atoms with Crippen LogP contribution in [0.5, 0.6) is 5.75 Å². The topological polar surface area (TPSA) is 108 Å². The highest BCUT2D eigenvalue weighted by atomic mass is 16.6. The minimum Gasteiger partial charge on any atom is -0.479 e. The monoisotopic (exact) mass is 342 g/mol. The van der Waals surface area contributed by atoms with Crippen LogP contribution in [0.2, 0.25) is 0 Å². The molecule has 0 saturated carbocycles. The standard InChI is InChI=1S/C18H18N2O5/c1-12(25-15-5-3-2-4-6-15)18(23)24-11-16(21)20-14-9-7-13(8-10-14)17(19)22/h2-10,12H,11H2,1H3,(H2,19,22)(H,20,21)/t12-/m1/s1. The molecule has 7 nitrogen and oxygen atoms in total. The highest BCUT2D eigenvalue weighted by Gasteiger charge is 2.17. The molecule has 1 atom stereocenters. The lowest BCUT2D eigenvalue weighted by Gasteiger charge is -2.13. The quantitative estimate of drug-likeness (QED) is 0.745. The fourth-order valence-corrected chi connectivity index (χ4v) is 1.92. The highest BCUT2D eigenvalue weighted by molar-refractivity contribution is 5.95. The maximum absolute atomic E-state index is 11.8. The molecule has 7 heteroatoms. The molecular formula is C18H18N2O5. The summed E-state index contributed by atoms with van der Waals surface area (Å²) in [7, 11) is 0. The van der Waals surface area contributed by atoms with Crippen LogP contribution in [0.4, 0.5) is 5.69 Å². The van der Waals surface area contributed by atoms with Crippen molar-refractivity contribution in [3.63, 3.8) is 0 Å². The van der Waals surface area contributed by atoms with E-state index in [4.69, 9.17) is 15.2 Å². The van der Waals surface area contributed by atoms with Crippen LogP contribution >= 0.6 is 0 Å². The van der Waals surface area contributed by atoms with Crippen LogP contribution in [0, 0.1) is 0 Å². The van der Waals surface area contributed by atoms with Crippen LogP contribution in [-0.2, 0) is 14.3 Å². The van der Waals surface area contributed by atoms with E-state index in [1.54, 1.807) is 24.3 Å². The maximum atomic E-state index is 11.8. The first-order chi connectivity index (χ1) is 12.0. The lowest BCUT2D eigenvalue weighted by molar-refractivity contribution is -0.153. The number of hydrogen-bond acceptors (Lipinski definition) is 5. The molecular weight excluding hydrogens is 324 g/mol. The van der Waals surface area contributed by atoms with Gasteiger partial charge in [-0.3, -0.25) is 9.59 Å². The summed E-state index contributed by atoms with van der Waals surface area (Å²) in [5.41, 5.74) is 5.92. The minimum absolute atomic E-state index is 0.330. The smallest absolute Gasteiger partial charge is 0.347 e. The maximum Gasteiger partial charge on any atom is 0.347 e. The Morgan fingerprint density at radius 2 is 1.68 bits per heavy atom. The molecule has 2 aromatic rings. The Bertz CT molecular complexity index is 744. The number of ether oxygens (including phenoxy) is 2. The Balaban J connectivity index is 1.78. The normalized spacial score (nSPS) is 11.2. The van der Waals surface area contributed by atoms with Gasteiger partial charge in [0, 0.05) is 11.3 Å². The predicted molar refractivity (Wildman–Crippen MR) is 91.1 cm³/mol. The van der Waals surface area contributed by atoms with Gasteiger partial charge in [-0.25, -0.2) is 4.79 Å². The summed E-state index contributed by atoms with van der Waals surface area (Å²) in [5, 5.41) is 2.54. The Labute approximate surface area is 144 Å². The second kappa shape index (κ2) is 8.49. The van der Waals surface area contributed by atoms with Crippen molar-refractivity contribution >= 4 is 23.5 Å². The number of amides is 2. The first-order valence-electron chi connectivity index (χ1n) is 7.54. The molecule has 2 aromatic carbocycles. The number of esters is 1. The predicted octanol–water partition coefficient (Wildman–Crippen LogP) is 1.73. The second-order valence-corrected chi connectivity index (χ2v) is 5.17. The highest BCUT2D eigenvalue weighted by Crippen LogP contribution is 2.12. The summed E-state index contributed by atoms with van der Waals surface area (Å²) < 4.78 is 10.3. The Morgan fingerprint density at radius 3 is 2.28 bits per heavy atom. The Kier molecular flexibility index (Phi) is 6.11. The molecule has 0 spiro atoms. The number of benzene rings is 2. The third-order valence-electron chi connectivity index (χ3n) is 3.19. The fraction of sp³-hybridized carbons (Fsp3) is 0.167. The molecule has 0 aliphatic rings. The van der Waals surface area contributed by atoms with Crippen LogP contribution in [0.25, 0.3) is 0 Å². The molecule has 0 fully saturated rings. The summed E-state index contributed by atoms with van der Waals surface area (Å²) >= 11 is 0. The molecule has 0 aromatic heterocycles. The first kappa shape index (κ1) is 18.0. The zero-order chi connectivity index (χ0) is 18.2. The second-order valence-electron chi connectivity index (χ2n) is 5.17. The van der Waals surface area contributed by atoms with Gasteiger partial charge >= 0.3 is 5.97 Å². The summed E-state index contributed by atoms with van der Waals surface area (Å²) in [6, 6.07) is 14.9. The van der Waals surface area contributed by atoms with Gasteiger partial charge in [-0.15, -0.1) is 0 Å². The number of nitrogens with one attached hydrogen (secondary N) is 1. The lowest BCUT2D eigenvalue weighted by atomic mass is 10.2. The molecule has 0 saturated heterocycles. The number of anilines is 1. The number of nitrogens with two attached hydrogens (primary N) is 1. The lowest BCUT2D eigenvalue weighted by Crippen LogP contribution is -2.29. The SMILES string of the molecule is C[C@@H](Oc1ccccc1)C(=O)OCC(=O)Nc1ccc(C(N)=O)cc1. The van der Waals surface area contributed by atoms with E-state index in [0.717, 1.165) is 0 Å². The summed E-state index contributed by atoms with van der Waals surface area (Å²) in [6.45, 7) is 1.09. The first-order valence-corrected chi connectivity index (χ1v) is 7.54. The molecule has 0 aliphatic heterocycles. The van der Waals surface area contributed by atoms with Gasteiger partial charge < -0.3 is 20.5 Å². The van der Waals surface area contributed by atoms with Gasteiger partial charge in [0.15, 0.2) is 12.7 Å². The van der Waals surface area contributed by atoms with Crippen LogP contribution < -0.4 is 15.8 Å². The van der Waals surface area contributed by atoms with E-state index in [9.17, 15) is 14.4 Å². The number of para-hydroxylation sites is 1. The number of carbonyl (C=O) groups excluding carboxylic acids is 3. The van der Waals surface area contributed by atoms with Crippen molar-refractivity contribution in [2.75, 3.05) is 11.9 Å². The van der Waals surface area contributed by atoms with Gasteiger partial charge in [0.25, 0.3) is 5.91 Å². The molecule has 0 unspecified atom stereocenters. The van der Waals surface area contributed by atoms with Crippen molar-refractivity contribution in [3.8, 4) is 5.75 Å². The van der Waals surface area contributed by atoms with Gasteiger partial charge in [-0.2, -0.15) is 0 Å². The van der Waals surface area contributed by atoms with Gasteiger partial charge in [0.05, 0.1) is 0 Å². The van der Waals surface area contributed by atoms with Gasteiger partial charge in [0.2, 0.25) is 5.91 Å². The zero-order valence-electron chi connectivity index (χ0n) is 13.6. The van der Waals surface area contributed by atoms with E-state index in [1.165, 1.54) is 31.2 Å². The fourth-order valence-electron chi connectivity index (χ4n) is 1.92. The number of hydrogen-bond donors (Lipinski definition) is 2. The molecule has 130 valence electrons. The molecule has 0 bridgehead atoms. The van der Waals surface area contributed by atoms with E-state index in [1.807, 2.05) is 6.07 Å². The molecule has 0 aliphatic carbocycles. The molecule has 3 N–H and O–H groups in total. The van der Waals surface area contributed by atoms with Crippen molar-refractivity contribution in [1.29, 1.82) is 0 Å². The van der Waals surface area contributed by atoms with Gasteiger partial charge in [-0.1, -0.05) is 18.2 Å². The third kappa shape index (κ3) is 5.65. The van der Waals surface area contributed by atoms with Crippen LogP contribution in [0.15, 0.2) is 54.6 Å². The molecule has 2 amide bonds. The van der Waals surface area contributed by atoms with Gasteiger partial charge in [0.1, 0.15) is 5.75 Å². The molecule has 25 heavy (non-hydrogen) atoms. The zero-order valence-corrected chi connectivity index (χ0v) is 13.6. The van der Waals surface area contributed by atoms with Crippen molar-refractivity contribution in [2.24, 2.45) is 5.73 Å². The Morgan fingerprint density at radius 1 is 1.04 bits per heavy atom. The average Bonchev–Trinajstić information content (AvgIpc) is 2.61. The molecule has 2 rings (SSSR count). The van der Waals surface area contributed by atoms with Crippen LogP contribution in [0.3, 0.4) is 0 Å². The third-order valence-corrected chi connectivity index (χ3v) is 3.19. The Hall–Kier alpha value is -3.35. The van der Waals surface area contributed by atoms with Crippen LogP contribution in [-0.4, -0.2) is 30.5 Å².